The summed E-state index contributed by atoms with van der Waals surface area (Å²) in [5.74, 6) is 0. The van der Waals surface area contributed by atoms with Crippen LogP contribution in [-0.2, 0) is 0 Å². The molecule has 0 radical (unpaired) electrons. The van der Waals surface area contributed by atoms with Crippen LogP contribution in [0.1, 0.15) is 19.8 Å². The lowest BCUT2D eigenvalue weighted by atomic mass is 10.4. The van der Waals surface area contributed by atoms with Gasteiger partial charge in [0.2, 0.25) is 7.42 Å². The molecule has 0 aromatic carbocycles. The van der Waals surface area contributed by atoms with Gasteiger partial charge in [-0.1, -0.05) is 19.8 Å². The summed E-state index contributed by atoms with van der Waals surface area (Å²) in [4.78, 5) is 0. The van der Waals surface area contributed by atoms with Gasteiger partial charge < -0.3 is 0 Å². The summed E-state index contributed by atoms with van der Waals surface area (Å²) in [5, 5.41) is 0. The molecule has 0 saturated heterocycles. The predicted octanol–water partition coefficient (Wildman–Crippen LogP) is 4.40. The monoisotopic (exact) mass is 282 g/mol. The summed E-state index contributed by atoms with van der Waals surface area (Å²) in [6.45, 7) is 0.173. The van der Waals surface area contributed by atoms with E-state index >= 15 is 0 Å². The minimum atomic E-state index is -1.88. The molecule has 6 heteroatoms. The van der Waals surface area contributed by atoms with Gasteiger partial charge in [-0.2, -0.15) is 22.2 Å². The average molecular weight is 284 g/mol. The second-order valence-electron chi connectivity index (χ2n) is 2.85. The van der Waals surface area contributed by atoms with Crippen molar-refractivity contribution in [1.82, 2.24) is 0 Å². The fraction of sp³-hybridized carbons (Fsp3) is 1.00. The minimum Gasteiger partial charge on any atom is -0.150 e. The van der Waals surface area contributed by atoms with Crippen molar-refractivity contribution in [3.8, 4) is 0 Å². The number of halogens is 4. The lowest BCUT2D eigenvalue weighted by Crippen LogP contribution is -2.16. The van der Waals surface area contributed by atoms with Crippen LogP contribution in [0.15, 0.2) is 0 Å². The van der Waals surface area contributed by atoms with Crippen LogP contribution in [0.5, 0.6) is 0 Å². The van der Waals surface area contributed by atoms with Crippen molar-refractivity contribution in [2.75, 3.05) is 0 Å². The predicted molar refractivity (Wildman–Crippen MR) is 65.6 cm³/mol. The van der Waals surface area contributed by atoms with Crippen LogP contribution in [0.2, 0.25) is 18.1 Å². The second kappa shape index (κ2) is 6.96. The lowest BCUT2D eigenvalue weighted by molar-refractivity contribution is 0.869. The average Bonchev–Trinajstić information content (AvgIpc) is 1.98. The summed E-state index contributed by atoms with van der Waals surface area (Å²) in [6, 6.07) is 2.88. The van der Waals surface area contributed by atoms with Crippen molar-refractivity contribution in [2.24, 2.45) is 0 Å². The highest BCUT2D eigenvalue weighted by Crippen LogP contribution is 2.27. The fourth-order valence-electron chi connectivity index (χ4n) is 0.859. The van der Waals surface area contributed by atoms with Crippen molar-refractivity contribution < 1.29 is 0 Å². The van der Waals surface area contributed by atoms with Gasteiger partial charge in [-0.25, -0.2) is 0 Å². The van der Waals surface area contributed by atoms with E-state index in [1.54, 1.807) is 0 Å². The van der Waals surface area contributed by atoms with Gasteiger partial charge in [0, 0.05) is 0 Å². The summed E-state index contributed by atoms with van der Waals surface area (Å²) in [5.41, 5.74) is 0. The minimum absolute atomic E-state index is 0.929. The Bertz CT molecular complexity index is 118. The molecule has 12 heavy (non-hydrogen) atoms. The summed E-state index contributed by atoms with van der Waals surface area (Å²) in [7, 11) is -1.39. The van der Waals surface area contributed by atoms with E-state index in [4.69, 9.17) is 44.3 Å². The van der Waals surface area contributed by atoms with E-state index in [2.05, 4.69) is 0 Å². The van der Waals surface area contributed by atoms with Gasteiger partial charge in [-0.3, -0.25) is 0 Å². The first-order valence-corrected chi connectivity index (χ1v) is 12.9. The van der Waals surface area contributed by atoms with Gasteiger partial charge in [-0.05, 0) is 18.1 Å². The largest absolute Gasteiger partial charge is 0.251 e. The maximum Gasteiger partial charge on any atom is 0.251 e. The molecule has 0 N–H and O–H groups in total. The van der Waals surface area contributed by atoms with Gasteiger partial charge in [-0.15, -0.1) is 22.2 Å². The number of rotatable bonds is 6. The highest BCUT2D eigenvalue weighted by Gasteiger charge is 2.24. The van der Waals surface area contributed by atoms with Crippen LogP contribution >= 0.6 is 44.3 Å². The standard InChI is InChI=1S/C6H14Cl4Si2/c1-2-12(9,10)6-4-3-5-11(7)8/h11H,2-6H2,1H3. The van der Waals surface area contributed by atoms with Gasteiger partial charge in [0.1, 0.15) is 0 Å². The Kier molecular flexibility index (Phi) is 7.89. The quantitative estimate of drug-likeness (QED) is 0.385. The SMILES string of the molecule is CC[Si](Cl)(Cl)CCCC[SiH](Cl)Cl. The first-order valence-electron chi connectivity index (χ1n) is 4.14. The van der Waals surface area contributed by atoms with E-state index in [-0.39, 0.29) is 0 Å². The van der Waals surface area contributed by atoms with Crippen molar-refractivity contribution in [3.05, 3.63) is 0 Å². The molecule has 0 unspecified atom stereocenters. The molecule has 74 valence electrons. The molecule has 0 nitrogen and oxygen atoms in total. The Labute approximate surface area is 96.0 Å². The number of unbranched alkanes of at least 4 members (excludes halogenated alkanes) is 1. The molecule has 0 aromatic rings. The third kappa shape index (κ3) is 8.20. The molecule has 0 heterocycles. The number of hydrogen-bond donors (Lipinski definition) is 0. The first-order chi connectivity index (χ1) is 5.48. The Morgan fingerprint density at radius 3 is 2.17 bits per heavy atom. The lowest BCUT2D eigenvalue weighted by Gasteiger charge is -2.13. The molecule has 0 fully saturated rings. The Morgan fingerprint density at radius 1 is 1.17 bits per heavy atom. The van der Waals surface area contributed by atoms with E-state index in [1.165, 1.54) is 0 Å². The van der Waals surface area contributed by atoms with E-state index in [0.717, 1.165) is 31.0 Å². The molecule has 0 rings (SSSR count). The molecular weight excluding hydrogens is 270 g/mol. The maximum absolute atomic E-state index is 6.09. The van der Waals surface area contributed by atoms with Gasteiger partial charge >= 0.3 is 0 Å². The van der Waals surface area contributed by atoms with Crippen LogP contribution in [0.4, 0.5) is 0 Å². The Morgan fingerprint density at radius 2 is 1.75 bits per heavy atom. The molecule has 0 aliphatic rings. The normalized spacial score (nSPS) is 12.5. The van der Waals surface area contributed by atoms with E-state index < -0.39 is 14.1 Å². The summed E-state index contributed by atoms with van der Waals surface area (Å²) < 4.78 is 0. The highest BCUT2D eigenvalue weighted by molar-refractivity contribution is 7.45. The van der Waals surface area contributed by atoms with Crippen molar-refractivity contribution >= 4 is 58.4 Å². The highest BCUT2D eigenvalue weighted by atomic mass is 35.7. The molecule has 0 aliphatic heterocycles. The molecule has 0 bridgehead atoms. The van der Waals surface area contributed by atoms with Crippen molar-refractivity contribution in [1.29, 1.82) is 0 Å². The molecule has 0 spiro atoms. The zero-order valence-electron chi connectivity index (χ0n) is 7.12. The zero-order chi connectivity index (χ0) is 9.61. The van der Waals surface area contributed by atoms with E-state index in [1.807, 2.05) is 6.92 Å². The van der Waals surface area contributed by atoms with Gasteiger partial charge in [0.25, 0.3) is 6.69 Å². The van der Waals surface area contributed by atoms with Crippen LogP contribution < -0.4 is 0 Å². The third-order valence-corrected chi connectivity index (χ3v) is 8.74. The van der Waals surface area contributed by atoms with Gasteiger partial charge in [0.05, 0.1) is 0 Å². The number of hydrogen-bond acceptors (Lipinski definition) is 0. The first kappa shape index (κ1) is 13.6. The third-order valence-electron chi connectivity index (χ3n) is 1.73. The van der Waals surface area contributed by atoms with Crippen LogP contribution in [-0.4, -0.2) is 14.1 Å². The Balaban J connectivity index is 3.31. The summed E-state index contributed by atoms with van der Waals surface area (Å²) >= 11 is 23.6. The second-order valence-corrected chi connectivity index (χ2v) is 15.9. The molecule has 0 aromatic heterocycles. The van der Waals surface area contributed by atoms with Crippen molar-refractivity contribution in [2.45, 2.75) is 37.9 Å². The van der Waals surface area contributed by atoms with E-state index in [9.17, 15) is 0 Å². The molecule has 0 saturated carbocycles. The van der Waals surface area contributed by atoms with E-state index in [0.29, 0.717) is 0 Å². The fourth-order valence-corrected chi connectivity index (χ4v) is 4.30. The Hall–Kier alpha value is 1.59. The van der Waals surface area contributed by atoms with Crippen LogP contribution in [0, 0.1) is 0 Å². The molecule has 0 aliphatic carbocycles. The topological polar surface area (TPSA) is 0 Å². The maximum atomic E-state index is 6.09. The van der Waals surface area contributed by atoms with Crippen LogP contribution in [0.3, 0.4) is 0 Å². The van der Waals surface area contributed by atoms with Crippen LogP contribution in [0.25, 0.3) is 0 Å². The molecular formula is C6H14Cl4Si2. The van der Waals surface area contributed by atoms with Gasteiger partial charge in [0.15, 0.2) is 0 Å². The summed E-state index contributed by atoms with van der Waals surface area (Å²) in [6.07, 6.45) is 2.16. The molecule has 0 atom stereocenters. The smallest absolute Gasteiger partial charge is 0.150 e. The zero-order valence-corrected chi connectivity index (χ0v) is 12.3. The molecule has 0 amide bonds. The van der Waals surface area contributed by atoms with Crippen molar-refractivity contribution in [3.63, 3.8) is 0 Å².